The lowest BCUT2D eigenvalue weighted by Crippen LogP contribution is -2.48. The maximum atomic E-state index is 6.18. The highest BCUT2D eigenvalue weighted by Crippen LogP contribution is 2.47. The van der Waals surface area contributed by atoms with Gasteiger partial charge in [-0.25, -0.2) is 5.01 Å². The topological polar surface area (TPSA) is 24.8 Å². The van der Waals surface area contributed by atoms with Gasteiger partial charge in [0.15, 0.2) is 5.72 Å². The van der Waals surface area contributed by atoms with Gasteiger partial charge < -0.3 is 4.74 Å². The molecule has 0 bridgehead atoms. The van der Waals surface area contributed by atoms with Crippen LogP contribution in [0.5, 0.6) is 5.75 Å². The van der Waals surface area contributed by atoms with E-state index in [-0.39, 0.29) is 6.04 Å². The highest BCUT2D eigenvalue weighted by atomic mass is 35.5. The van der Waals surface area contributed by atoms with Crippen molar-refractivity contribution in [3.05, 3.63) is 64.7 Å². The zero-order valence-corrected chi connectivity index (χ0v) is 13.3. The van der Waals surface area contributed by atoms with E-state index in [2.05, 4.69) is 31.0 Å². The highest BCUT2D eigenvalue weighted by Gasteiger charge is 2.44. The number of fused-ring (bicyclic) bond motifs is 3. The van der Waals surface area contributed by atoms with E-state index in [1.165, 1.54) is 0 Å². The molecule has 2 aliphatic heterocycles. The fourth-order valence-electron chi connectivity index (χ4n) is 3.24. The monoisotopic (exact) mass is 312 g/mol. The van der Waals surface area contributed by atoms with Crippen LogP contribution in [0.3, 0.4) is 0 Å². The SMILES string of the molecule is CC1(C)Oc2ccc(Cl)cc2C2CC(c3ccccc3)=NN21. The smallest absolute Gasteiger partial charge is 0.192 e. The first-order chi connectivity index (χ1) is 10.5. The molecule has 112 valence electrons. The minimum Gasteiger partial charge on any atom is -0.467 e. The number of hydrogen-bond acceptors (Lipinski definition) is 3. The van der Waals surface area contributed by atoms with Crippen LogP contribution in [0.2, 0.25) is 5.02 Å². The maximum Gasteiger partial charge on any atom is 0.192 e. The predicted molar refractivity (Wildman–Crippen MR) is 88.3 cm³/mol. The molecule has 4 heteroatoms. The van der Waals surface area contributed by atoms with Gasteiger partial charge in [-0.05, 0) is 37.6 Å². The minimum absolute atomic E-state index is 0.174. The van der Waals surface area contributed by atoms with Crippen LogP contribution in [-0.4, -0.2) is 16.4 Å². The fraction of sp³-hybridized carbons (Fsp3) is 0.278. The van der Waals surface area contributed by atoms with Gasteiger partial charge in [0, 0.05) is 17.0 Å². The summed E-state index contributed by atoms with van der Waals surface area (Å²) in [7, 11) is 0. The van der Waals surface area contributed by atoms with Crippen LogP contribution in [0.1, 0.15) is 37.4 Å². The largest absolute Gasteiger partial charge is 0.467 e. The first kappa shape index (κ1) is 13.6. The summed E-state index contributed by atoms with van der Waals surface area (Å²) in [5, 5.41) is 7.64. The van der Waals surface area contributed by atoms with Crippen molar-refractivity contribution in [1.82, 2.24) is 5.01 Å². The summed E-state index contributed by atoms with van der Waals surface area (Å²) in [5.41, 5.74) is 2.90. The Kier molecular flexibility index (Phi) is 2.95. The standard InChI is InChI=1S/C18H17ClN2O/c1-18(2)21-16(14-10-13(19)8-9-17(14)22-18)11-15(20-21)12-6-4-3-5-7-12/h3-10,16H,11H2,1-2H3. The number of hydrogen-bond donors (Lipinski definition) is 0. The number of hydrazone groups is 1. The molecule has 2 aromatic rings. The maximum absolute atomic E-state index is 6.18. The van der Waals surface area contributed by atoms with Crippen molar-refractivity contribution in [2.24, 2.45) is 5.10 Å². The van der Waals surface area contributed by atoms with E-state index in [1.54, 1.807) is 0 Å². The molecule has 0 fully saturated rings. The van der Waals surface area contributed by atoms with E-state index >= 15 is 0 Å². The van der Waals surface area contributed by atoms with Crippen molar-refractivity contribution in [3.8, 4) is 5.75 Å². The Balaban J connectivity index is 1.79. The van der Waals surface area contributed by atoms with E-state index in [0.29, 0.717) is 0 Å². The Morgan fingerprint density at radius 2 is 1.95 bits per heavy atom. The van der Waals surface area contributed by atoms with Crippen LogP contribution < -0.4 is 4.74 Å². The van der Waals surface area contributed by atoms with Gasteiger partial charge >= 0.3 is 0 Å². The molecule has 0 saturated carbocycles. The summed E-state index contributed by atoms with van der Waals surface area (Å²) in [6.07, 6.45) is 0.865. The fourth-order valence-corrected chi connectivity index (χ4v) is 3.42. The first-order valence-corrected chi connectivity index (χ1v) is 7.83. The van der Waals surface area contributed by atoms with E-state index in [4.69, 9.17) is 21.4 Å². The molecule has 2 aromatic carbocycles. The van der Waals surface area contributed by atoms with Crippen molar-refractivity contribution in [1.29, 1.82) is 0 Å². The van der Waals surface area contributed by atoms with Crippen LogP contribution in [-0.2, 0) is 0 Å². The number of ether oxygens (including phenoxy) is 1. The molecule has 0 radical (unpaired) electrons. The molecule has 0 amide bonds. The summed E-state index contributed by atoms with van der Waals surface area (Å²) in [4.78, 5) is 0. The Morgan fingerprint density at radius 3 is 2.73 bits per heavy atom. The lowest BCUT2D eigenvalue weighted by atomic mass is 9.95. The lowest BCUT2D eigenvalue weighted by molar-refractivity contribution is -0.0911. The predicted octanol–water partition coefficient (Wildman–Crippen LogP) is 4.62. The quantitative estimate of drug-likeness (QED) is 0.767. The van der Waals surface area contributed by atoms with Crippen LogP contribution in [0.15, 0.2) is 53.6 Å². The molecule has 2 aliphatic rings. The summed E-state index contributed by atoms with van der Waals surface area (Å²) >= 11 is 6.18. The van der Waals surface area contributed by atoms with E-state index in [0.717, 1.165) is 34.0 Å². The zero-order valence-electron chi connectivity index (χ0n) is 12.6. The van der Waals surface area contributed by atoms with Gasteiger partial charge in [0.05, 0.1) is 11.8 Å². The van der Waals surface area contributed by atoms with Crippen molar-refractivity contribution in [2.45, 2.75) is 32.0 Å². The summed E-state index contributed by atoms with van der Waals surface area (Å²) in [5.74, 6) is 0.903. The molecule has 1 unspecified atom stereocenters. The molecule has 1 atom stereocenters. The van der Waals surface area contributed by atoms with Crippen molar-refractivity contribution < 1.29 is 4.74 Å². The summed E-state index contributed by atoms with van der Waals surface area (Å²) in [6, 6.07) is 16.3. The van der Waals surface area contributed by atoms with E-state index in [9.17, 15) is 0 Å². The second kappa shape index (κ2) is 4.75. The van der Waals surface area contributed by atoms with E-state index < -0.39 is 5.72 Å². The first-order valence-electron chi connectivity index (χ1n) is 7.45. The van der Waals surface area contributed by atoms with Crippen molar-refractivity contribution >= 4 is 17.3 Å². The normalized spacial score (nSPS) is 21.7. The van der Waals surface area contributed by atoms with Crippen molar-refractivity contribution in [3.63, 3.8) is 0 Å². The molecule has 0 aliphatic carbocycles. The molecule has 0 spiro atoms. The Morgan fingerprint density at radius 1 is 1.18 bits per heavy atom. The van der Waals surface area contributed by atoms with Crippen LogP contribution in [0, 0.1) is 0 Å². The zero-order chi connectivity index (χ0) is 15.3. The van der Waals surface area contributed by atoms with Gasteiger partial charge in [0.25, 0.3) is 0 Å². The number of halogens is 1. The van der Waals surface area contributed by atoms with Crippen LogP contribution >= 0.6 is 11.6 Å². The van der Waals surface area contributed by atoms with Gasteiger partial charge in [-0.15, -0.1) is 0 Å². The molecule has 0 saturated heterocycles. The number of nitrogens with zero attached hydrogens (tertiary/aromatic N) is 2. The molecule has 22 heavy (non-hydrogen) atoms. The van der Waals surface area contributed by atoms with Crippen molar-refractivity contribution in [2.75, 3.05) is 0 Å². The third kappa shape index (κ3) is 2.08. The second-order valence-corrected chi connectivity index (χ2v) is 6.64. The van der Waals surface area contributed by atoms with E-state index in [1.807, 2.05) is 36.4 Å². The van der Waals surface area contributed by atoms with Gasteiger partial charge in [-0.2, -0.15) is 5.10 Å². The lowest BCUT2D eigenvalue weighted by Gasteiger charge is -2.43. The molecule has 4 rings (SSSR count). The molecular weight excluding hydrogens is 296 g/mol. The second-order valence-electron chi connectivity index (χ2n) is 6.21. The Hall–Kier alpha value is -2.00. The third-order valence-electron chi connectivity index (χ3n) is 4.26. The van der Waals surface area contributed by atoms with Crippen LogP contribution in [0.4, 0.5) is 0 Å². The number of benzene rings is 2. The average molecular weight is 313 g/mol. The Bertz CT molecular complexity index is 755. The summed E-state index contributed by atoms with van der Waals surface area (Å²) < 4.78 is 6.13. The van der Waals surface area contributed by atoms with Gasteiger partial charge in [0.2, 0.25) is 0 Å². The summed E-state index contributed by atoms with van der Waals surface area (Å²) in [6.45, 7) is 4.10. The van der Waals surface area contributed by atoms with Crippen LogP contribution in [0.25, 0.3) is 0 Å². The molecular formula is C18H17ClN2O. The molecule has 0 N–H and O–H groups in total. The minimum atomic E-state index is -0.470. The average Bonchev–Trinajstić information content (AvgIpc) is 2.96. The van der Waals surface area contributed by atoms with Gasteiger partial charge in [-0.1, -0.05) is 41.9 Å². The highest BCUT2D eigenvalue weighted by molar-refractivity contribution is 6.30. The van der Waals surface area contributed by atoms with Gasteiger partial charge in [0.1, 0.15) is 5.75 Å². The Labute approximate surface area is 135 Å². The third-order valence-corrected chi connectivity index (χ3v) is 4.49. The molecule has 2 heterocycles. The number of rotatable bonds is 1. The molecule has 3 nitrogen and oxygen atoms in total. The van der Waals surface area contributed by atoms with Gasteiger partial charge in [-0.3, -0.25) is 0 Å². The molecule has 0 aromatic heterocycles.